The molecule has 3 N–H and O–H groups in total. The molecule has 0 spiro atoms. The molecule has 1 aromatic heterocycles. The number of aromatic nitrogens is 1. The van der Waals surface area contributed by atoms with Crippen LogP contribution >= 0.6 is 0 Å². The first-order valence-electron chi connectivity index (χ1n) is 13.0. The van der Waals surface area contributed by atoms with Crippen molar-refractivity contribution >= 4 is 28.6 Å². The van der Waals surface area contributed by atoms with E-state index < -0.39 is 12.1 Å². The molecule has 188 valence electrons. The number of carbonyl (C=O) groups excluding carboxylic acids is 3. The van der Waals surface area contributed by atoms with E-state index in [0.29, 0.717) is 18.5 Å². The molecule has 3 heterocycles. The van der Waals surface area contributed by atoms with Crippen molar-refractivity contribution in [3.8, 4) is 0 Å². The van der Waals surface area contributed by atoms with E-state index in [-0.39, 0.29) is 29.7 Å². The molecule has 5 rings (SSSR count). The highest BCUT2D eigenvalue weighted by molar-refractivity contribution is 6.04. The Hall–Kier alpha value is -3.61. The van der Waals surface area contributed by atoms with Crippen molar-refractivity contribution in [2.45, 2.75) is 64.6 Å². The number of benzene rings is 2. The number of fused-ring (bicyclic) bond motifs is 7. The van der Waals surface area contributed by atoms with Crippen molar-refractivity contribution in [3.63, 3.8) is 0 Å². The molecular formula is C29H34N4O3. The van der Waals surface area contributed by atoms with Crippen LogP contribution in [0, 0.1) is 5.92 Å². The molecule has 2 aliphatic rings. The Morgan fingerprint density at radius 1 is 1.11 bits per heavy atom. The number of nitrogens with zero attached hydrogens (tertiary/aromatic N) is 1. The monoisotopic (exact) mass is 486 g/mol. The molecular weight excluding hydrogens is 452 g/mol. The normalized spacial score (nSPS) is 19.9. The third kappa shape index (κ3) is 3.96. The Bertz CT molecular complexity index is 1310. The molecule has 0 saturated carbocycles. The highest BCUT2D eigenvalue weighted by Gasteiger charge is 2.49. The zero-order chi connectivity index (χ0) is 25.4. The average molecular weight is 487 g/mol. The Labute approximate surface area is 211 Å². The van der Waals surface area contributed by atoms with Gasteiger partial charge in [0.15, 0.2) is 0 Å². The van der Waals surface area contributed by atoms with Crippen molar-refractivity contribution in [2.24, 2.45) is 5.92 Å². The second-order valence-electron chi connectivity index (χ2n) is 10.0. The molecule has 7 nitrogen and oxygen atoms in total. The summed E-state index contributed by atoms with van der Waals surface area (Å²) in [4.78, 5) is 45.8. The zero-order valence-electron chi connectivity index (χ0n) is 21.1. The zero-order valence-corrected chi connectivity index (χ0v) is 21.1. The van der Waals surface area contributed by atoms with Crippen LogP contribution in [0.3, 0.4) is 0 Å². The van der Waals surface area contributed by atoms with E-state index in [1.165, 1.54) is 0 Å². The fraction of sp³-hybridized carbons (Fsp3) is 0.414. The number of hydrogen-bond donors (Lipinski definition) is 3. The summed E-state index contributed by atoms with van der Waals surface area (Å²) in [5.41, 5.74) is 4.55. The van der Waals surface area contributed by atoms with E-state index in [4.69, 9.17) is 0 Å². The molecule has 36 heavy (non-hydrogen) atoms. The van der Waals surface area contributed by atoms with Gasteiger partial charge in [0.2, 0.25) is 11.8 Å². The number of H-pyrrole nitrogens is 1. The van der Waals surface area contributed by atoms with Gasteiger partial charge in [-0.3, -0.25) is 14.4 Å². The predicted molar refractivity (Wildman–Crippen MR) is 140 cm³/mol. The highest BCUT2D eigenvalue weighted by Crippen LogP contribution is 2.46. The van der Waals surface area contributed by atoms with Crippen molar-refractivity contribution in [2.75, 3.05) is 6.54 Å². The third-order valence-corrected chi connectivity index (χ3v) is 7.78. The maximum absolute atomic E-state index is 13.9. The summed E-state index contributed by atoms with van der Waals surface area (Å²) in [6.45, 7) is 6.65. The van der Waals surface area contributed by atoms with Crippen molar-refractivity contribution in [3.05, 3.63) is 70.9 Å². The molecule has 3 aromatic rings. The van der Waals surface area contributed by atoms with Gasteiger partial charge < -0.3 is 20.5 Å². The summed E-state index contributed by atoms with van der Waals surface area (Å²) in [5, 5.41) is 7.08. The Kier molecular flexibility index (Phi) is 6.56. The molecule has 0 bridgehead atoms. The molecule has 2 aromatic carbocycles. The summed E-state index contributed by atoms with van der Waals surface area (Å²) >= 11 is 0. The van der Waals surface area contributed by atoms with E-state index in [0.717, 1.165) is 47.0 Å². The minimum absolute atomic E-state index is 0.0370. The van der Waals surface area contributed by atoms with Crippen molar-refractivity contribution in [1.29, 1.82) is 0 Å². The van der Waals surface area contributed by atoms with E-state index >= 15 is 0 Å². The number of rotatable bonds is 8. The number of para-hydroxylation sites is 1. The molecule has 3 amide bonds. The van der Waals surface area contributed by atoms with Gasteiger partial charge in [0.1, 0.15) is 12.1 Å². The SMILES string of the molecule is CCCCNC(=O)[C@@H](NC(=O)[C@@H]1Cc2c([nH]c3ccccc23)[C@@H]2c3ccccc3C(=O)N21)[C@H](C)CC. The van der Waals surface area contributed by atoms with Crippen molar-refractivity contribution in [1.82, 2.24) is 20.5 Å². The van der Waals surface area contributed by atoms with Crippen molar-refractivity contribution < 1.29 is 14.4 Å². The van der Waals surface area contributed by atoms with Crippen LogP contribution in [0.15, 0.2) is 48.5 Å². The summed E-state index contributed by atoms with van der Waals surface area (Å²) in [6.07, 6.45) is 3.02. The van der Waals surface area contributed by atoms with Crippen LogP contribution in [-0.2, 0) is 16.0 Å². The summed E-state index contributed by atoms with van der Waals surface area (Å²) in [6, 6.07) is 13.9. The summed E-state index contributed by atoms with van der Waals surface area (Å²) in [7, 11) is 0. The van der Waals surface area contributed by atoms with Gasteiger partial charge in [0.25, 0.3) is 5.91 Å². The quantitative estimate of drug-likeness (QED) is 0.419. The lowest BCUT2D eigenvalue weighted by Crippen LogP contribution is -2.58. The van der Waals surface area contributed by atoms with E-state index in [1.54, 1.807) is 4.90 Å². The molecule has 2 aliphatic heterocycles. The Morgan fingerprint density at radius 2 is 1.86 bits per heavy atom. The topological polar surface area (TPSA) is 94.3 Å². The number of unbranched alkanes of at least 4 members (excludes halogenated alkanes) is 1. The van der Waals surface area contributed by atoms with Gasteiger partial charge in [-0.1, -0.05) is 70.0 Å². The highest BCUT2D eigenvalue weighted by atomic mass is 16.2. The number of carbonyl (C=O) groups is 3. The number of amides is 3. The van der Waals surface area contributed by atoms with Crippen LogP contribution in [-0.4, -0.2) is 46.2 Å². The standard InChI is InChI=1S/C29H34N4O3/c1-4-6-15-30-28(35)24(17(3)5-2)32-27(34)23-16-21-18-11-9-10-14-22(18)31-25(21)26-19-12-7-8-13-20(19)29(36)33(23)26/h7-14,17,23-24,26,31H,4-6,15-16H2,1-3H3,(H,30,35)(H,32,34)/t17-,23+,24+,26+/m1/s1. The maximum Gasteiger partial charge on any atom is 0.255 e. The lowest BCUT2D eigenvalue weighted by atomic mass is 9.89. The molecule has 0 radical (unpaired) electrons. The Morgan fingerprint density at radius 3 is 2.64 bits per heavy atom. The van der Waals surface area contributed by atoms with E-state index in [2.05, 4.69) is 28.6 Å². The van der Waals surface area contributed by atoms with Crippen LogP contribution in [0.2, 0.25) is 0 Å². The average Bonchev–Trinajstić information content (AvgIpc) is 3.42. The van der Waals surface area contributed by atoms with Gasteiger partial charge in [0.05, 0.1) is 6.04 Å². The van der Waals surface area contributed by atoms with Gasteiger partial charge in [-0.2, -0.15) is 0 Å². The first kappa shape index (κ1) is 24.1. The van der Waals surface area contributed by atoms with Gasteiger partial charge in [0, 0.05) is 35.1 Å². The smallest absolute Gasteiger partial charge is 0.255 e. The molecule has 0 saturated heterocycles. The van der Waals surface area contributed by atoms with Crippen LogP contribution in [0.4, 0.5) is 0 Å². The van der Waals surface area contributed by atoms with E-state index in [9.17, 15) is 14.4 Å². The first-order valence-corrected chi connectivity index (χ1v) is 13.0. The Balaban J connectivity index is 1.52. The lowest BCUT2D eigenvalue weighted by molar-refractivity contribution is -0.133. The number of hydrogen-bond acceptors (Lipinski definition) is 3. The lowest BCUT2D eigenvalue weighted by Gasteiger charge is -2.38. The van der Waals surface area contributed by atoms with Gasteiger partial charge >= 0.3 is 0 Å². The van der Waals surface area contributed by atoms with Gasteiger partial charge in [-0.25, -0.2) is 0 Å². The van der Waals surface area contributed by atoms with Crippen LogP contribution in [0.25, 0.3) is 10.9 Å². The van der Waals surface area contributed by atoms with E-state index in [1.807, 2.05) is 56.3 Å². The fourth-order valence-corrected chi connectivity index (χ4v) is 5.59. The molecule has 0 aliphatic carbocycles. The largest absolute Gasteiger partial charge is 0.356 e. The second-order valence-corrected chi connectivity index (χ2v) is 10.0. The summed E-state index contributed by atoms with van der Waals surface area (Å²) in [5.74, 6) is -0.631. The van der Waals surface area contributed by atoms with Gasteiger partial charge in [-0.15, -0.1) is 0 Å². The molecule has 4 atom stereocenters. The van der Waals surface area contributed by atoms with Gasteiger partial charge in [-0.05, 0) is 35.6 Å². The molecule has 0 fully saturated rings. The first-order chi connectivity index (χ1) is 17.5. The predicted octanol–water partition coefficient (Wildman–Crippen LogP) is 4.09. The number of nitrogens with one attached hydrogen (secondary N) is 3. The third-order valence-electron chi connectivity index (χ3n) is 7.78. The minimum Gasteiger partial charge on any atom is -0.356 e. The minimum atomic E-state index is -0.711. The van der Waals surface area contributed by atoms with Crippen LogP contribution < -0.4 is 10.6 Å². The molecule has 0 unspecified atom stereocenters. The summed E-state index contributed by atoms with van der Waals surface area (Å²) < 4.78 is 0. The maximum atomic E-state index is 13.9. The second kappa shape index (κ2) is 9.80. The fourth-order valence-electron chi connectivity index (χ4n) is 5.59. The van der Waals surface area contributed by atoms with Crippen LogP contribution in [0.5, 0.6) is 0 Å². The molecule has 7 heteroatoms. The number of aromatic amines is 1. The van der Waals surface area contributed by atoms with Crippen LogP contribution in [0.1, 0.15) is 73.3 Å².